The lowest BCUT2D eigenvalue weighted by molar-refractivity contribution is 0.0960. The first-order valence-corrected chi connectivity index (χ1v) is 6.07. The van der Waals surface area contributed by atoms with Gasteiger partial charge >= 0.3 is 0 Å². The molecule has 0 saturated carbocycles. The number of halogens is 1. The van der Waals surface area contributed by atoms with Crippen molar-refractivity contribution in [2.45, 2.75) is 32.9 Å². The van der Waals surface area contributed by atoms with Crippen LogP contribution in [-0.2, 0) is 6.54 Å². The van der Waals surface area contributed by atoms with Crippen molar-refractivity contribution in [1.82, 2.24) is 4.90 Å². The molecule has 2 rings (SSSR count). The van der Waals surface area contributed by atoms with Crippen molar-refractivity contribution < 1.29 is 0 Å². The monoisotopic (exact) mass is 254 g/mol. The number of likely N-dealkylation sites (tertiary alicyclic amines) is 1. The van der Waals surface area contributed by atoms with Gasteiger partial charge in [0.05, 0.1) is 0 Å². The molecule has 17 heavy (non-hydrogen) atoms. The Balaban J connectivity index is 0.00000144. The predicted octanol–water partition coefficient (Wildman–Crippen LogP) is 2.67. The van der Waals surface area contributed by atoms with Gasteiger partial charge < -0.3 is 5.73 Å². The molecule has 0 spiro atoms. The molecule has 2 N–H and O–H groups in total. The summed E-state index contributed by atoms with van der Waals surface area (Å²) in [5.41, 5.74) is 7.85. The third kappa shape index (κ3) is 4.30. The van der Waals surface area contributed by atoms with E-state index in [-0.39, 0.29) is 12.4 Å². The summed E-state index contributed by atoms with van der Waals surface area (Å²) < 4.78 is 0. The third-order valence-corrected chi connectivity index (χ3v) is 3.21. The van der Waals surface area contributed by atoms with Gasteiger partial charge in [0, 0.05) is 25.7 Å². The Morgan fingerprint density at radius 3 is 2.53 bits per heavy atom. The van der Waals surface area contributed by atoms with Crippen LogP contribution in [0.25, 0.3) is 0 Å². The van der Waals surface area contributed by atoms with Crippen molar-refractivity contribution in [2.75, 3.05) is 13.1 Å². The van der Waals surface area contributed by atoms with Crippen molar-refractivity contribution in [1.29, 1.82) is 0 Å². The quantitative estimate of drug-likeness (QED) is 0.879. The zero-order valence-electron chi connectivity index (χ0n) is 10.7. The van der Waals surface area contributed by atoms with Crippen LogP contribution in [0.3, 0.4) is 0 Å². The molecule has 3 heteroatoms. The second kappa shape index (κ2) is 5.85. The summed E-state index contributed by atoms with van der Waals surface area (Å²) >= 11 is 0. The first-order valence-electron chi connectivity index (χ1n) is 6.07. The zero-order valence-corrected chi connectivity index (χ0v) is 11.5. The normalized spacial score (nSPS) is 24.1. The number of nitrogens with zero attached hydrogens (tertiary/aromatic N) is 1. The molecule has 2 nitrogen and oxygen atoms in total. The maximum Gasteiger partial charge on any atom is 0.0234 e. The second-order valence-electron chi connectivity index (χ2n) is 5.78. The van der Waals surface area contributed by atoms with Gasteiger partial charge in [0.25, 0.3) is 0 Å². The van der Waals surface area contributed by atoms with Crippen molar-refractivity contribution in [3.05, 3.63) is 35.9 Å². The average molecular weight is 255 g/mol. The fourth-order valence-electron chi connectivity index (χ4n) is 2.80. The van der Waals surface area contributed by atoms with E-state index in [4.69, 9.17) is 5.73 Å². The zero-order chi connectivity index (χ0) is 11.6. The summed E-state index contributed by atoms with van der Waals surface area (Å²) in [6.07, 6.45) is 1.14. The van der Waals surface area contributed by atoms with Crippen LogP contribution in [0.1, 0.15) is 25.8 Å². The van der Waals surface area contributed by atoms with Crippen LogP contribution in [-0.4, -0.2) is 24.0 Å². The van der Waals surface area contributed by atoms with Crippen LogP contribution in [0.2, 0.25) is 0 Å². The number of benzene rings is 1. The maximum absolute atomic E-state index is 6.11. The first-order chi connectivity index (χ1) is 7.55. The lowest BCUT2D eigenvalue weighted by Crippen LogP contribution is -2.49. The van der Waals surface area contributed by atoms with Gasteiger partial charge in [-0.3, -0.25) is 4.90 Å². The second-order valence-corrected chi connectivity index (χ2v) is 5.78. The number of hydrogen-bond donors (Lipinski definition) is 1. The molecular weight excluding hydrogens is 232 g/mol. The summed E-state index contributed by atoms with van der Waals surface area (Å²) in [5.74, 6) is 0. The van der Waals surface area contributed by atoms with Gasteiger partial charge in [0.2, 0.25) is 0 Å². The van der Waals surface area contributed by atoms with Crippen LogP contribution >= 0.6 is 12.4 Å². The highest BCUT2D eigenvalue weighted by Gasteiger charge is 2.30. The molecule has 0 radical (unpaired) electrons. The van der Waals surface area contributed by atoms with Crippen molar-refractivity contribution in [3.63, 3.8) is 0 Å². The minimum atomic E-state index is 0. The van der Waals surface area contributed by atoms with Gasteiger partial charge in [-0.15, -0.1) is 12.4 Å². The summed E-state index contributed by atoms with van der Waals surface area (Å²) in [5, 5.41) is 0. The van der Waals surface area contributed by atoms with E-state index >= 15 is 0 Å². The minimum Gasteiger partial charge on any atom is -0.327 e. The van der Waals surface area contributed by atoms with Crippen molar-refractivity contribution in [2.24, 2.45) is 11.1 Å². The molecule has 0 aromatic heterocycles. The molecule has 1 atom stereocenters. The van der Waals surface area contributed by atoms with Gasteiger partial charge in [-0.25, -0.2) is 0 Å². The van der Waals surface area contributed by atoms with E-state index in [1.807, 2.05) is 0 Å². The number of piperidine rings is 1. The fourth-order valence-corrected chi connectivity index (χ4v) is 2.80. The summed E-state index contributed by atoms with van der Waals surface area (Å²) in [6, 6.07) is 11.0. The molecule has 1 aliphatic heterocycles. The standard InChI is InChI=1S/C14H22N2.ClH/c1-14(2)8-13(15)10-16(11-14)9-12-6-4-3-5-7-12;/h3-7,13H,8-11,15H2,1-2H3;1H. The molecule has 0 amide bonds. The Morgan fingerprint density at radius 2 is 1.94 bits per heavy atom. The first kappa shape index (κ1) is 14.5. The molecule has 1 saturated heterocycles. The van der Waals surface area contributed by atoms with E-state index in [1.165, 1.54) is 5.56 Å². The van der Waals surface area contributed by atoms with E-state index in [9.17, 15) is 0 Å². The molecule has 1 heterocycles. The van der Waals surface area contributed by atoms with Gasteiger partial charge in [0.15, 0.2) is 0 Å². The van der Waals surface area contributed by atoms with Crippen molar-refractivity contribution in [3.8, 4) is 0 Å². The lowest BCUT2D eigenvalue weighted by Gasteiger charge is -2.41. The number of hydrogen-bond acceptors (Lipinski definition) is 2. The van der Waals surface area contributed by atoms with E-state index in [0.29, 0.717) is 11.5 Å². The molecule has 1 aromatic carbocycles. The largest absolute Gasteiger partial charge is 0.327 e. The fraction of sp³-hybridized carbons (Fsp3) is 0.571. The van der Waals surface area contributed by atoms with Crippen molar-refractivity contribution >= 4 is 12.4 Å². The molecule has 1 unspecified atom stereocenters. The van der Waals surface area contributed by atoms with Gasteiger partial charge in [-0.2, -0.15) is 0 Å². The Hall–Kier alpha value is -0.570. The van der Waals surface area contributed by atoms with Gasteiger partial charge in [0.1, 0.15) is 0 Å². The van der Waals surface area contributed by atoms with E-state index < -0.39 is 0 Å². The Bertz CT molecular complexity index is 337. The Labute approximate surface area is 111 Å². The van der Waals surface area contributed by atoms with E-state index in [2.05, 4.69) is 49.1 Å². The van der Waals surface area contributed by atoms with E-state index in [1.54, 1.807) is 0 Å². The maximum atomic E-state index is 6.11. The summed E-state index contributed by atoms with van der Waals surface area (Å²) in [7, 11) is 0. The smallest absolute Gasteiger partial charge is 0.0234 e. The highest BCUT2D eigenvalue weighted by atomic mass is 35.5. The summed E-state index contributed by atoms with van der Waals surface area (Å²) in [6.45, 7) is 7.82. The highest BCUT2D eigenvalue weighted by Crippen LogP contribution is 2.28. The summed E-state index contributed by atoms with van der Waals surface area (Å²) in [4.78, 5) is 2.48. The molecular formula is C14H23ClN2. The SMILES string of the molecule is CC1(C)CC(N)CN(Cc2ccccc2)C1.Cl. The van der Waals surface area contributed by atoms with Crippen LogP contribution in [0.5, 0.6) is 0 Å². The highest BCUT2D eigenvalue weighted by molar-refractivity contribution is 5.85. The van der Waals surface area contributed by atoms with Gasteiger partial charge in [-0.1, -0.05) is 44.2 Å². The Morgan fingerprint density at radius 1 is 1.29 bits per heavy atom. The van der Waals surface area contributed by atoms with Crippen LogP contribution < -0.4 is 5.73 Å². The van der Waals surface area contributed by atoms with Crippen LogP contribution in [0, 0.1) is 5.41 Å². The molecule has 1 aliphatic rings. The molecule has 1 aromatic rings. The predicted molar refractivity (Wildman–Crippen MR) is 75.3 cm³/mol. The molecule has 0 bridgehead atoms. The number of nitrogens with two attached hydrogens (primary N) is 1. The molecule has 1 fully saturated rings. The number of rotatable bonds is 2. The molecule has 0 aliphatic carbocycles. The molecule has 96 valence electrons. The van der Waals surface area contributed by atoms with Gasteiger partial charge in [-0.05, 0) is 17.4 Å². The minimum absolute atomic E-state index is 0. The van der Waals surface area contributed by atoms with E-state index in [0.717, 1.165) is 26.1 Å². The third-order valence-electron chi connectivity index (χ3n) is 3.21. The Kier molecular flexibility index (Phi) is 4.99. The van der Waals surface area contributed by atoms with Crippen LogP contribution in [0.4, 0.5) is 0 Å². The lowest BCUT2D eigenvalue weighted by atomic mass is 9.82. The topological polar surface area (TPSA) is 29.3 Å². The van der Waals surface area contributed by atoms with Crippen LogP contribution in [0.15, 0.2) is 30.3 Å². The average Bonchev–Trinajstić information content (AvgIpc) is 2.15.